The highest BCUT2D eigenvalue weighted by Gasteiger charge is 2.30. The number of nitrogens with zero attached hydrogens (tertiary/aromatic N) is 7. The number of hydrogen-bond acceptors (Lipinski definition) is 8. The van der Waals surface area contributed by atoms with Crippen molar-refractivity contribution in [1.82, 2.24) is 9.97 Å². The first-order valence-electron chi connectivity index (χ1n) is 7.42. The Kier molecular flexibility index (Phi) is 5.64. The Labute approximate surface area is 133 Å². The van der Waals surface area contributed by atoms with Crippen molar-refractivity contribution in [3.05, 3.63) is 16.4 Å². The fraction of sp³-hybridized carbons (Fsp3) is 0.571. The van der Waals surface area contributed by atoms with Crippen molar-refractivity contribution in [2.75, 3.05) is 36.0 Å². The SMILES string of the molecule is N#CCCN(CCC#N)c1ncnc(N2CCCC2)c1[N+](=O)[O-]. The van der Waals surface area contributed by atoms with Crippen LogP contribution in [0, 0.1) is 32.8 Å². The molecule has 1 aromatic rings. The number of aromatic nitrogens is 2. The predicted molar refractivity (Wildman–Crippen MR) is 82.8 cm³/mol. The molecule has 1 aromatic heterocycles. The van der Waals surface area contributed by atoms with Gasteiger partial charge in [-0.15, -0.1) is 0 Å². The predicted octanol–water partition coefficient (Wildman–Crippen LogP) is 1.62. The van der Waals surface area contributed by atoms with Crippen molar-refractivity contribution in [2.24, 2.45) is 0 Å². The van der Waals surface area contributed by atoms with Crippen LogP contribution in [0.25, 0.3) is 0 Å². The van der Waals surface area contributed by atoms with Gasteiger partial charge in [-0.3, -0.25) is 10.1 Å². The van der Waals surface area contributed by atoms with Crippen LogP contribution in [0.4, 0.5) is 17.3 Å². The van der Waals surface area contributed by atoms with E-state index in [1.807, 2.05) is 17.0 Å². The maximum absolute atomic E-state index is 11.6. The second-order valence-electron chi connectivity index (χ2n) is 5.12. The zero-order valence-electron chi connectivity index (χ0n) is 12.7. The fourth-order valence-electron chi connectivity index (χ4n) is 2.61. The Hall–Kier alpha value is -2.94. The van der Waals surface area contributed by atoms with Crippen molar-refractivity contribution < 1.29 is 4.92 Å². The van der Waals surface area contributed by atoms with Gasteiger partial charge in [-0.2, -0.15) is 10.5 Å². The van der Waals surface area contributed by atoms with Crippen molar-refractivity contribution in [2.45, 2.75) is 25.7 Å². The van der Waals surface area contributed by atoms with Crippen molar-refractivity contribution in [3.8, 4) is 12.1 Å². The van der Waals surface area contributed by atoms with Crippen molar-refractivity contribution in [1.29, 1.82) is 10.5 Å². The third kappa shape index (κ3) is 3.83. The van der Waals surface area contributed by atoms with Gasteiger partial charge in [-0.05, 0) is 12.8 Å². The summed E-state index contributed by atoms with van der Waals surface area (Å²) in [6.07, 6.45) is 3.66. The Morgan fingerprint density at radius 2 is 1.83 bits per heavy atom. The van der Waals surface area contributed by atoms with E-state index in [4.69, 9.17) is 10.5 Å². The van der Waals surface area contributed by atoms with E-state index in [-0.39, 0.29) is 37.4 Å². The van der Waals surface area contributed by atoms with Crippen LogP contribution in [-0.4, -0.2) is 41.1 Å². The van der Waals surface area contributed by atoms with Gasteiger partial charge >= 0.3 is 5.69 Å². The Bertz CT molecular complexity index is 626. The third-order valence-corrected chi connectivity index (χ3v) is 3.66. The average molecular weight is 315 g/mol. The van der Waals surface area contributed by atoms with E-state index in [2.05, 4.69) is 9.97 Å². The van der Waals surface area contributed by atoms with Crippen LogP contribution in [0.5, 0.6) is 0 Å². The molecule has 120 valence electrons. The van der Waals surface area contributed by atoms with E-state index in [1.54, 1.807) is 4.90 Å². The van der Waals surface area contributed by atoms with Crippen LogP contribution in [0.3, 0.4) is 0 Å². The highest BCUT2D eigenvalue weighted by molar-refractivity contribution is 5.71. The minimum atomic E-state index is -0.477. The molecular formula is C14H17N7O2. The van der Waals surface area contributed by atoms with Gasteiger partial charge in [-0.25, -0.2) is 9.97 Å². The molecule has 9 nitrogen and oxygen atoms in total. The maximum Gasteiger partial charge on any atom is 0.353 e. The minimum absolute atomic E-state index is 0.148. The summed E-state index contributed by atoms with van der Waals surface area (Å²) >= 11 is 0. The van der Waals surface area contributed by atoms with Crippen LogP contribution in [0.2, 0.25) is 0 Å². The Morgan fingerprint density at radius 1 is 1.22 bits per heavy atom. The van der Waals surface area contributed by atoms with Gasteiger partial charge in [0.15, 0.2) is 0 Å². The monoisotopic (exact) mass is 315 g/mol. The number of nitriles is 2. The molecule has 1 saturated heterocycles. The topological polar surface area (TPSA) is 123 Å². The third-order valence-electron chi connectivity index (χ3n) is 3.66. The van der Waals surface area contributed by atoms with Gasteiger partial charge in [0.2, 0.25) is 11.6 Å². The van der Waals surface area contributed by atoms with Crippen LogP contribution in [0.1, 0.15) is 25.7 Å². The van der Waals surface area contributed by atoms with Gasteiger partial charge in [-0.1, -0.05) is 0 Å². The largest absolute Gasteiger partial charge is 0.353 e. The Balaban J connectivity index is 2.41. The molecule has 0 radical (unpaired) electrons. The van der Waals surface area contributed by atoms with E-state index >= 15 is 0 Å². The average Bonchev–Trinajstić information content (AvgIpc) is 3.08. The van der Waals surface area contributed by atoms with E-state index in [9.17, 15) is 10.1 Å². The summed E-state index contributed by atoms with van der Waals surface area (Å²) in [6, 6.07) is 4.03. The second-order valence-corrected chi connectivity index (χ2v) is 5.12. The van der Waals surface area contributed by atoms with E-state index in [0.717, 1.165) is 25.9 Å². The fourth-order valence-corrected chi connectivity index (χ4v) is 2.61. The normalized spacial score (nSPS) is 13.4. The molecule has 0 amide bonds. The molecule has 1 aliphatic heterocycles. The van der Waals surface area contributed by atoms with Crippen LogP contribution < -0.4 is 9.80 Å². The number of nitro groups is 1. The standard InChI is InChI=1S/C14H17N7O2/c15-5-3-9-20(10-4-6-16)14-12(21(22)23)13(17-11-18-14)19-7-1-2-8-19/h11H,1-4,7-10H2. The van der Waals surface area contributed by atoms with E-state index < -0.39 is 4.92 Å². The molecular weight excluding hydrogens is 298 g/mol. The summed E-state index contributed by atoms with van der Waals surface area (Å²) in [5, 5.41) is 29.1. The first-order chi connectivity index (χ1) is 11.2. The van der Waals surface area contributed by atoms with E-state index in [1.165, 1.54) is 6.33 Å². The quantitative estimate of drug-likeness (QED) is 0.549. The van der Waals surface area contributed by atoms with Gasteiger partial charge in [0, 0.05) is 26.2 Å². The molecule has 9 heteroatoms. The molecule has 0 spiro atoms. The molecule has 0 atom stereocenters. The summed E-state index contributed by atoms with van der Waals surface area (Å²) < 4.78 is 0. The van der Waals surface area contributed by atoms with Crippen molar-refractivity contribution in [3.63, 3.8) is 0 Å². The minimum Gasteiger partial charge on any atom is -0.351 e. The highest BCUT2D eigenvalue weighted by Crippen LogP contribution is 2.35. The summed E-state index contributed by atoms with van der Waals surface area (Å²) in [7, 11) is 0. The summed E-state index contributed by atoms with van der Waals surface area (Å²) in [6.45, 7) is 2.03. The zero-order chi connectivity index (χ0) is 16.7. The maximum atomic E-state index is 11.6. The number of anilines is 2. The molecule has 1 fully saturated rings. The lowest BCUT2D eigenvalue weighted by Crippen LogP contribution is -2.29. The molecule has 0 aliphatic carbocycles. The lowest BCUT2D eigenvalue weighted by molar-refractivity contribution is -0.383. The molecule has 0 unspecified atom stereocenters. The van der Waals surface area contributed by atoms with Crippen LogP contribution >= 0.6 is 0 Å². The highest BCUT2D eigenvalue weighted by atomic mass is 16.6. The first kappa shape index (κ1) is 16.4. The molecule has 0 N–H and O–H groups in total. The number of rotatable bonds is 7. The zero-order valence-corrected chi connectivity index (χ0v) is 12.7. The number of hydrogen-bond donors (Lipinski definition) is 0. The van der Waals surface area contributed by atoms with Gasteiger partial charge in [0.25, 0.3) is 0 Å². The molecule has 2 rings (SSSR count). The molecule has 2 heterocycles. The summed E-state index contributed by atoms with van der Waals surface area (Å²) in [5.41, 5.74) is -0.148. The Morgan fingerprint density at radius 3 is 2.35 bits per heavy atom. The van der Waals surface area contributed by atoms with Gasteiger partial charge in [0.05, 0.1) is 29.9 Å². The molecule has 0 aromatic carbocycles. The van der Waals surface area contributed by atoms with Crippen LogP contribution in [-0.2, 0) is 0 Å². The molecule has 23 heavy (non-hydrogen) atoms. The molecule has 1 aliphatic rings. The first-order valence-corrected chi connectivity index (χ1v) is 7.42. The van der Waals surface area contributed by atoms with Crippen LogP contribution in [0.15, 0.2) is 6.33 Å². The lowest BCUT2D eigenvalue weighted by Gasteiger charge is -2.23. The smallest absolute Gasteiger partial charge is 0.351 e. The summed E-state index contributed by atoms with van der Waals surface area (Å²) in [5.74, 6) is 0.494. The van der Waals surface area contributed by atoms with E-state index in [0.29, 0.717) is 5.82 Å². The second kappa shape index (κ2) is 7.90. The molecule has 0 saturated carbocycles. The molecule has 0 bridgehead atoms. The van der Waals surface area contributed by atoms with Gasteiger partial charge < -0.3 is 9.80 Å². The van der Waals surface area contributed by atoms with Crippen molar-refractivity contribution >= 4 is 17.3 Å². The van der Waals surface area contributed by atoms with Gasteiger partial charge in [0.1, 0.15) is 6.33 Å². The lowest BCUT2D eigenvalue weighted by atomic mass is 10.3. The summed E-state index contributed by atoms with van der Waals surface area (Å²) in [4.78, 5) is 22.8.